The molecule has 0 saturated heterocycles. The largest absolute Gasteiger partial charge is 0.307 e. The van der Waals surface area contributed by atoms with Crippen molar-refractivity contribution >= 4 is 62.2 Å². The molecular formula is C14H9BrCl2N4OS. The molecule has 0 bridgehead atoms. The number of pyridine rings is 1. The number of thiophene rings is 1. The molecule has 1 amide bonds. The third-order valence-electron chi connectivity index (χ3n) is 2.94. The third kappa shape index (κ3) is 3.92. The second kappa shape index (κ2) is 7.00. The predicted octanol–water partition coefficient (Wildman–Crippen LogP) is 4.71. The summed E-state index contributed by atoms with van der Waals surface area (Å²) in [4.78, 5) is 17.3. The number of anilines is 1. The maximum Gasteiger partial charge on any atom is 0.258 e. The standard InChI is InChI=1S/C14H9BrCl2N4OS/c15-9-4-10(23-7-9)6-21-12(1-2-19-21)20-14(22)8-3-11(16)13(17)18-5-8/h1-5,7H,6H2,(H,20,22). The van der Waals surface area contributed by atoms with Crippen molar-refractivity contribution in [3.8, 4) is 0 Å². The van der Waals surface area contributed by atoms with Crippen LogP contribution >= 0.6 is 50.5 Å². The van der Waals surface area contributed by atoms with E-state index in [1.54, 1.807) is 28.3 Å². The molecule has 0 aliphatic rings. The SMILES string of the molecule is O=C(Nc1ccnn1Cc1cc(Br)cs1)c1cnc(Cl)c(Cl)c1. The minimum absolute atomic E-state index is 0.163. The zero-order chi connectivity index (χ0) is 16.4. The molecule has 0 aliphatic carbocycles. The first-order valence-corrected chi connectivity index (χ1v) is 8.83. The Morgan fingerprint density at radius 1 is 1.39 bits per heavy atom. The first-order valence-electron chi connectivity index (χ1n) is 6.40. The maximum atomic E-state index is 12.3. The molecule has 9 heteroatoms. The predicted molar refractivity (Wildman–Crippen MR) is 95.6 cm³/mol. The summed E-state index contributed by atoms with van der Waals surface area (Å²) < 4.78 is 2.73. The molecule has 3 rings (SSSR count). The first-order chi connectivity index (χ1) is 11.0. The van der Waals surface area contributed by atoms with Gasteiger partial charge in [-0.05, 0) is 28.1 Å². The van der Waals surface area contributed by atoms with Crippen LogP contribution in [0.2, 0.25) is 10.2 Å². The Morgan fingerprint density at radius 3 is 2.91 bits per heavy atom. The molecule has 118 valence electrons. The molecule has 1 N–H and O–H groups in total. The van der Waals surface area contributed by atoms with Crippen LogP contribution in [-0.2, 0) is 6.54 Å². The molecular weight excluding hydrogens is 423 g/mol. The summed E-state index contributed by atoms with van der Waals surface area (Å²) in [5, 5.41) is 9.42. The lowest BCUT2D eigenvalue weighted by Crippen LogP contribution is -2.16. The van der Waals surface area contributed by atoms with Gasteiger partial charge >= 0.3 is 0 Å². The maximum absolute atomic E-state index is 12.3. The summed E-state index contributed by atoms with van der Waals surface area (Å²) in [6.45, 7) is 0.568. The second-order valence-corrected chi connectivity index (χ2v) is 7.23. The van der Waals surface area contributed by atoms with Gasteiger partial charge in [0.2, 0.25) is 0 Å². The Kier molecular flexibility index (Phi) is 5.01. The number of aromatic nitrogens is 3. The van der Waals surface area contributed by atoms with E-state index in [2.05, 4.69) is 31.3 Å². The molecule has 0 saturated carbocycles. The van der Waals surface area contributed by atoms with E-state index in [4.69, 9.17) is 23.2 Å². The van der Waals surface area contributed by atoms with Crippen LogP contribution in [0.25, 0.3) is 0 Å². The smallest absolute Gasteiger partial charge is 0.258 e. The molecule has 3 heterocycles. The van der Waals surface area contributed by atoms with E-state index in [-0.39, 0.29) is 16.1 Å². The molecule has 0 fully saturated rings. The molecule has 0 atom stereocenters. The van der Waals surface area contributed by atoms with Crippen LogP contribution < -0.4 is 5.32 Å². The van der Waals surface area contributed by atoms with Crippen LogP contribution in [0.4, 0.5) is 5.82 Å². The lowest BCUT2D eigenvalue weighted by molar-refractivity contribution is 0.102. The summed E-state index contributed by atoms with van der Waals surface area (Å²) in [6.07, 6.45) is 3.01. The van der Waals surface area contributed by atoms with E-state index in [1.807, 2.05) is 11.4 Å². The molecule has 0 aliphatic heterocycles. The van der Waals surface area contributed by atoms with E-state index in [0.717, 1.165) is 9.35 Å². The van der Waals surface area contributed by atoms with Gasteiger partial charge in [-0.15, -0.1) is 11.3 Å². The topological polar surface area (TPSA) is 59.8 Å². The second-order valence-electron chi connectivity index (χ2n) is 4.56. The lowest BCUT2D eigenvalue weighted by atomic mass is 10.2. The van der Waals surface area contributed by atoms with Gasteiger partial charge in [-0.3, -0.25) is 4.79 Å². The number of rotatable bonds is 4. The normalized spacial score (nSPS) is 10.7. The Morgan fingerprint density at radius 2 is 2.22 bits per heavy atom. The van der Waals surface area contributed by atoms with Gasteiger partial charge in [0.05, 0.1) is 23.3 Å². The minimum Gasteiger partial charge on any atom is -0.307 e. The fraction of sp³-hybridized carbons (Fsp3) is 0.0714. The van der Waals surface area contributed by atoms with Crippen LogP contribution in [0.5, 0.6) is 0 Å². The van der Waals surface area contributed by atoms with Crippen molar-refractivity contribution < 1.29 is 4.79 Å². The third-order valence-corrected chi connectivity index (χ3v) is 5.31. The van der Waals surface area contributed by atoms with Crippen molar-refractivity contribution in [3.05, 3.63) is 61.1 Å². The highest BCUT2D eigenvalue weighted by Crippen LogP contribution is 2.23. The minimum atomic E-state index is -0.329. The van der Waals surface area contributed by atoms with Crippen molar-refractivity contribution in [1.82, 2.24) is 14.8 Å². The average Bonchev–Trinajstić information content (AvgIpc) is 3.12. The Hall–Kier alpha value is -1.41. The lowest BCUT2D eigenvalue weighted by Gasteiger charge is -2.08. The quantitative estimate of drug-likeness (QED) is 0.608. The summed E-state index contributed by atoms with van der Waals surface area (Å²) >= 11 is 16.7. The zero-order valence-corrected chi connectivity index (χ0v) is 15.4. The van der Waals surface area contributed by atoms with E-state index in [9.17, 15) is 4.79 Å². The number of carbonyl (C=O) groups is 1. The number of nitrogens with one attached hydrogen (secondary N) is 1. The zero-order valence-electron chi connectivity index (χ0n) is 11.5. The van der Waals surface area contributed by atoms with Crippen LogP contribution in [0, 0.1) is 0 Å². The van der Waals surface area contributed by atoms with Crippen LogP contribution in [0.1, 0.15) is 15.2 Å². The molecule has 3 aromatic rings. The number of hydrogen-bond donors (Lipinski definition) is 1. The van der Waals surface area contributed by atoms with Gasteiger partial charge in [-0.1, -0.05) is 23.2 Å². The fourth-order valence-corrected chi connectivity index (χ4v) is 3.58. The summed E-state index contributed by atoms with van der Waals surface area (Å²) in [6, 6.07) is 5.22. The number of hydrogen-bond acceptors (Lipinski definition) is 4. The van der Waals surface area contributed by atoms with Crippen molar-refractivity contribution in [1.29, 1.82) is 0 Å². The molecule has 0 aromatic carbocycles. The van der Waals surface area contributed by atoms with Gasteiger partial charge in [0.15, 0.2) is 0 Å². The first kappa shape index (κ1) is 16.4. The monoisotopic (exact) mass is 430 g/mol. The van der Waals surface area contributed by atoms with Gasteiger partial charge in [-0.2, -0.15) is 5.10 Å². The Balaban J connectivity index is 1.76. The molecule has 0 unspecified atom stereocenters. The van der Waals surface area contributed by atoms with E-state index < -0.39 is 0 Å². The van der Waals surface area contributed by atoms with Crippen LogP contribution in [0.15, 0.2) is 40.4 Å². The van der Waals surface area contributed by atoms with Gasteiger partial charge in [0.25, 0.3) is 5.91 Å². The summed E-state index contributed by atoms with van der Waals surface area (Å²) in [5.74, 6) is 0.260. The van der Waals surface area contributed by atoms with Gasteiger partial charge in [0.1, 0.15) is 11.0 Å². The van der Waals surface area contributed by atoms with Gasteiger partial charge < -0.3 is 5.32 Å². The molecule has 0 spiro atoms. The van der Waals surface area contributed by atoms with Gasteiger partial charge in [0, 0.05) is 27.0 Å². The molecule has 5 nitrogen and oxygen atoms in total. The van der Waals surface area contributed by atoms with Crippen molar-refractivity contribution in [2.24, 2.45) is 0 Å². The van der Waals surface area contributed by atoms with E-state index in [1.165, 1.54) is 12.3 Å². The number of nitrogens with zero attached hydrogens (tertiary/aromatic N) is 3. The Bertz CT molecular complexity index is 864. The van der Waals surface area contributed by atoms with Gasteiger partial charge in [-0.25, -0.2) is 9.67 Å². The summed E-state index contributed by atoms with van der Waals surface area (Å²) in [7, 11) is 0. The fourth-order valence-electron chi connectivity index (χ4n) is 1.88. The molecule has 23 heavy (non-hydrogen) atoms. The molecule has 3 aromatic heterocycles. The van der Waals surface area contributed by atoms with Crippen molar-refractivity contribution in [2.75, 3.05) is 5.32 Å². The van der Waals surface area contributed by atoms with Crippen LogP contribution in [0.3, 0.4) is 0 Å². The molecule has 0 radical (unpaired) electrons. The average molecular weight is 432 g/mol. The Labute approximate surface area is 154 Å². The van der Waals surface area contributed by atoms with E-state index >= 15 is 0 Å². The summed E-state index contributed by atoms with van der Waals surface area (Å²) in [5.41, 5.74) is 0.325. The van der Waals surface area contributed by atoms with Crippen molar-refractivity contribution in [3.63, 3.8) is 0 Å². The number of halogens is 3. The number of carbonyl (C=O) groups excluding carboxylic acids is 1. The van der Waals surface area contributed by atoms with E-state index in [0.29, 0.717) is 17.9 Å². The highest BCUT2D eigenvalue weighted by Gasteiger charge is 2.12. The highest BCUT2D eigenvalue weighted by molar-refractivity contribution is 9.10. The highest BCUT2D eigenvalue weighted by atomic mass is 79.9. The van der Waals surface area contributed by atoms with Crippen LogP contribution in [-0.4, -0.2) is 20.7 Å². The number of amides is 1. The van der Waals surface area contributed by atoms with Crippen molar-refractivity contribution in [2.45, 2.75) is 6.54 Å².